The van der Waals surface area contributed by atoms with Gasteiger partial charge in [0.05, 0.1) is 24.4 Å². The Kier molecular flexibility index (Phi) is 4.15. The summed E-state index contributed by atoms with van der Waals surface area (Å²) in [5.74, 6) is 0.887. The molecule has 0 aliphatic heterocycles. The van der Waals surface area contributed by atoms with Gasteiger partial charge in [-0.1, -0.05) is 13.3 Å². The van der Waals surface area contributed by atoms with Crippen molar-refractivity contribution in [2.45, 2.75) is 33.3 Å². The van der Waals surface area contributed by atoms with Crippen LogP contribution in [0.5, 0.6) is 5.75 Å². The van der Waals surface area contributed by atoms with Crippen LogP contribution < -0.4 is 4.74 Å². The van der Waals surface area contributed by atoms with Crippen molar-refractivity contribution in [1.82, 2.24) is 4.98 Å². The Balaban J connectivity index is 2.30. The third-order valence-corrected chi connectivity index (χ3v) is 2.97. The maximum atomic E-state index is 9.13. The molecule has 0 aliphatic rings. The monoisotopic (exact) mass is 245 g/mol. The molecule has 0 saturated carbocycles. The standard InChI is InChI=1S/C15H19NO2/c1-3-4-7-18-13-5-6-15-14(9-13)11(2)8-12(10-17)16-15/h5-6,8-9,17H,3-4,7,10H2,1-2H3. The quantitative estimate of drug-likeness (QED) is 0.822. The number of fused-ring (bicyclic) bond motifs is 1. The summed E-state index contributed by atoms with van der Waals surface area (Å²) in [6.45, 7) is 4.90. The van der Waals surface area contributed by atoms with Crippen molar-refractivity contribution in [3.63, 3.8) is 0 Å². The van der Waals surface area contributed by atoms with Crippen molar-refractivity contribution in [1.29, 1.82) is 0 Å². The molecule has 1 aromatic carbocycles. The van der Waals surface area contributed by atoms with Crippen LogP contribution in [-0.4, -0.2) is 16.7 Å². The molecule has 0 radical (unpaired) electrons. The molecule has 1 heterocycles. The summed E-state index contributed by atoms with van der Waals surface area (Å²) in [4.78, 5) is 4.39. The van der Waals surface area contributed by atoms with Gasteiger partial charge in [0.25, 0.3) is 0 Å². The van der Waals surface area contributed by atoms with Crippen molar-refractivity contribution in [3.05, 3.63) is 35.5 Å². The predicted molar refractivity (Wildman–Crippen MR) is 72.8 cm³/mol. The molecule has 0 fully saturated rings. The number of aliphatic hydroxyl groups is 1. The van der Waals surface area contributed by atoms with Crippen LogP contribution in [0, 0.1) is 6.92 Å². The number of unbranched alkanes of at least 4 members (excludes halogenated alkanes) is 1. The van der Waals surface area contributed by atoms with E-state index in [1.165, 1.54) is 0 Å². The van der Waals surface area contributed by atoms with Crippen molar-refractivity contribution in [2.24, 2.45) is 0 Å². The molecule has 2 rings (SSSR count). The van der Waals surface area contributed by atoms with E-state index in [2.05, 4.69) is 11.9 Å². The highest BCUT2D eigenvalue weighted by Crippen LogP contribution is 2.23. The van der Waals surface area contributed by atoms with Crippen LogP contribution in [0.25, 0.3) is 10.9 Å². The van der Waals surface area contributed by atoms with Crippen LogP contribution >= 0.6 is 0 Å². The number of aliphatic hydroxyl groups excluding tert-OH is 1. The lowest BCUT2D eigenvalue weighted by Crippen LogP contribution is -1.97. The summed E-state index contributed by atoms with van der Waals surface area (Å²) >= 11 is 0. The summed E-state index contributed by atoms with van der Waals surface area (Å²) in [6.07, 6.45) is 2.20. The second kappa shape index (κ2) is 5.83. The lowest BCUT2D eigenvalue weighted by molar-refractivity contribution is 0.277. The number of aromatic nitrogens is 1. The van der Waals surface area contributed by atoms with Gasteiger partial charge in [0, 0.05) is 5.39 Å². The Hall–Kier alpha value is -1.61. The third-order valence-electron chi connectivity index (χ3n) is 2.97. The first-order valence-corrected chi connectivity index (χ1v) is 6.38. The Labute approximate surface area is 107 Å². The summed E-state index contributed by atoms with van der Waals surface area (Å²) in [5, 5.41) is 10.2. The van der Waals surface area contributed by atoms with Gasteiger partial charge >= 0.3 is 0 Å². The summed E-state index contributed by atoms with van der Waals surface area (Å²) < 4.78 is 5.69. The first-order valence-electron chi connectivity index (χ1n) is 6.38. The summed E-state index contributed by atoms with van der Waals surface area (Å²) in [5.41, 5.74) is 2.73. The van der Waals surface area contributed by atoms with Crippen LogP contribution in [0.2, 0.25) is 0 Å². The predicted octanol–water partition coefficient (Wildman–Crippen LogP) is 3.21. The van der Waals surface area contributed by atoms with Gasteiger partial charge in [-0.15, -0.1) is 0 Å². The molecular weight excluding hydrogens is 226 g/mol. The SMILES string of the molecule is CCCCOc1ccc2nc(CO)cc(C)c2c1. The summed E-state index contributed by atoms with van der Waals surface area (Å²) in [7, 11) is 0. The fraction of sp³-hybridized carbons (Fsp3) is 0.400. The van der Waals surface area contributed by atoms with Crippen LogP contribution in [0.4, 0.5) is 0 Å². The molecule has 18 heavy (non-hydrogen) atoms. The zero-order valence-corrected chi connectivity index (χ0v) is 10.9. The lowest BCUT2D eigenvalue weighted by atomic mass is 10.1. The molecule has 0 aliphatic carbocycles. The second-order valence-electron chi connectivity index (χ2n) is 4.47. The molecule has 0 unspecified atom stereocenters. The van der Waals surface area contributed by atoms with E-state index in [4.69, 9.17) is 9.84 Å². The van der Waals surface area contributed by atoms with Crippen LogP contribution in [0.15, 0.2) is 24.3 Å². The molecule has 1 aromatic heterocycles. The third kappa shape index (κ3) is 2.79. The minimum atomic E-state index is -0.0223. The molecule has 96 valence electrons. The molecule has 3 nitrogen and oxygen atoms in total. The molecule has 0 saturated heterocycles. The fourth-order valence-electron chi connectivity index (χ4n) is 1.95. The zero-order chi connectivity index (χ0) is 13.0. The van der Waals surface area contributed by atoms with E-state index < -0.39 is 0 Å². The van der Waals surface area contributed by atoms with Gasteiger partial charge in [-0.2, -0.15) is 0 Å². The highest BCUT2D eigenvalue weighted by molar-refractivity contribution is 5.83. The van der Waals surface area contributed by atoms with Crippen molar-refractivity contribution in [3.8, 4) is 5.75 Å². The maximum absolute atomic E-state index is 9.13. The minimum absolute atomic E-state index is 0.0223. The van der Waals surface area contributed by atoms with Crippen molar-refractivity contribution in [2.75, 3.05) is 6.61 Å². The molecular formula is C15H19NO2. The molecule has 0 amide bonds. The summed E-state index contributed by atoms with van der Waals surface area (Å²) in [6, 6.07) is 7.82. The average molecular weight is 245 g/mol. The fourth-order valence-corrected chi connectivity index (χ4v) is 1.95. The number of benzene rings is 1. The minimum Gasteiger partial charge on any atom is -0.494 e. The topological polar surface area (TPSA) is 42.4 Å². The number of aryl methyl sites for hydroxylation is 1. The van der Waals surface area contributed by atoms with Crippen LogP contribution in [0.3, 0.4) is 0 Å². The van der Waals surface area contributed by atoms with Gasteiger partial charge in [-0.05, 0) is 43.2 Å². The van der Waals surface area contributed by atoms with Gasteiger partial charge in [-0.3, -0.25) is 4.98 Å². The van der Waals surface area contributed by atoms with E-state index >= 15 is 0 Å². The van der Waals surface area contributed by atoms with E-state index in [-0.39, 0.29) is 6.61 Å². The van der Waals surface area contributed by atoms with Gasteiger partial charge < -0.3 is 9.84 Å². The molecule has 2 aromatic rings. The normalized spacial score (nSPS) is 10.8. The Bertz CT molecular complexity index is 537. The van der Waals surface area contributed by atoms with E-state index in [9.17, 15) is 0 Å². The molecule has 1 N–H and O–H groups in total. The van der Waals surface area contributed by atoms with E-state index in [0.717, 1.165) is 41.7 Å². The Morgan fingerprint density at radius 2 is 2.11 bits per heavy atom. The van der Waals surface area contributed by atoms with E-state index in [1.54, 1.807) is 0 Å². The van der Waals surface area contributed by atoms with Gasteiger partial charge in [0.1, 0.15) is 5.75 Å². The first-order chi connectivity index (χ1) is 8.74. The van der Waals surface area contributed by atoms with E-state index in [0.29, 0.717) is 5.69 Å². The molecule has 0 bridgehead atoms. The second-order valence-corrected chi connectivity index (χ2v) is 4.47. The zero-order valence-electron chi connectivity index (χ0n) is 10.9. The number of pyridine rings is 1. The average Bonchev–Trinajstić information content (AvgIpc) is 2.39. The largest absolute Gasteiger partial charge is 0.494 e. The van der Waals surface area contributed by atoms with Gasteiger partial charge in [0.15, 0.2) is 0 Å². The smallest absolute Gasteiger partial charge is 0.120 e. The Morgan fingerprint density at radius 3 is 2.83 bits per heavy atom. The maximum Gasteiger partial charge on any atom is 0.120 e. The van der Waals surface area contributed by atoms with Gasteiger partial charge in [0.2, 0.25) is 0 Å². The highest BCUT2D eigenvalue weighted by Gasteiger charge is 2.04. The number of nitrogens with zero attached hydrogens (tertiary/aromatic N) is 1. The van der Waals surface area contributed by atoms with Crippen molar-refractivity contribution < 1.29 is 9.84 Å². The molecule has 0 spiro atoms. The lowest BCUT2D eigenvalue weighted by Gasteiger charge is -2.09. The molecule has 0 atom stereocenters. The number of rotatable bonds is 5. The molecule has 3 heteroatoms. The van der Waals surface area contributed by atoms with Crippen LogP contribution in [-0.2, 0) is 6.61 Å². The highest BCUT2D eigenvalue weighted by atomic mass is 16.5. The Morgan fingerprint density at radius 1 is 1.28 bits per heavy atom. The van der Waals surface area contributed by atoms with Crippen LogP contribution in [0.1, 0.15) is 31.0 Å². The number of hydrogen-bond donors (Lipinski definition) is 1. The number of hydrogen-bond acceptors (Lipinski definition) is 3. The number of ether oxygens (including phenoxy) is 1. The van der Waals surface area contributed by atoms with E-state index in [1.807, 2.05) is 31.2 Å². The first kappa shape index (κ1) is 12.8. The van der Waals surface area contributed by atoms with Gasteiger partial charge in [-0.25, -0.2) is 0 Å². The van der Waals surface area contributed by atoms with Crippen molar-refractivity contribution >= 4 is 10.9 Å².